The van der Waals surface area contributed by atoms with Crippen LogP contribution in [0.15, 0.2) is 24.3 Å². The predicted octanol–water partition coefficient (Wildman–Crippen LogP) is 3.74. The Morgan fingerprint density at radius 3 is 2.32 bits per heavy atom. The van der Waals surface area contributed by atoms with Crippen molar-refractivity contribution in [2.75, 3.05) is 11.9 Å². The molecule has 1 aromatic carbocycles. The van der Waals surface area contributed by atoms with Gasteiger partial charge in [-0.3, -0.25) is 0 Å². The lowest BCUT2D eigenvalue weighted by molar-refractivity contribution is 0.178. The van der Waals surface area contributed by atoms with Crippen molar-refractivity contribution in [1.82, 2.24) is 4.90 Å². The minimum atomic E-state index is -0.0999. The molecule has 2 amide bonds. The number of ether oxygens (including phenoxy) is 1. The Labute approximate surface area is 115 Å². The normalized spacial score (nSPS) is 10.7. The maximum atomic E-state index is 12.3. The summed E-state index contributed by atoms with van der Waals surface area (Å²) in [5.74, 6) is 0.700. The quantitative estimate of drug-likeness (QED) is 0.880. The molecule has 0 atom stereocenters. The predicted molar refractivity (Wildman–Crippen MR) is 78.7 cm³/mol. The summed E-state index contributed by atoms with van der Waals surface area (Å²) < 4.78 is 5.51. The lowest BCUT2D eigenvalue weighted by Gasteiger charge is -2.31. The van der Waals surface area contributed by atoms with Gasteiger partial charge in [0.1, 0.15) is 5.75 Å². The van der Waals surface area contributed by atoms with Gasteiger partial charge in [0.15, 0.2) is 0 Å². The van der Waals surface area contributed by atoms with Crippen LogP contribution in [0, 0.1) is 0 Å². The van der Waals surface area contributed by atoms with Crippen molar-refractivity contribution in [3.63, 3.8) is 0 Å². The number of hydrogen-bond donors (Lipinski definition) is 1. The zero-order valence-electron chi connectivity index (χ0n) is 12.4. The number of urea groups is 1. The Balaban J connectivity index is 2.86. The number of nitrogens with zero attached hydrogens (tertiary/aromatic N) is 1. The second kappa shape index (κ2) is 7.02. The van der Waals surface area contributed by atoms with E-state index in [0.29, 0.717) is 18.0 Å². The third-order valence-corrected chi connectivity index (χ3v) is 2.78. The summed E-state index contributed by atoms with van der Waals surface area (Å²) in [4.78, 5) is 14.1. The van der Waals surface area contributed by atoms with E-state index in [2.05, 4.69) is 5.32 Å². The van der Waals surface area contributed by atoms with Crippen molar-refractivity contribution >= 4 is 11.7 Å². The number of hydrogen-bond acceptors (Lipinski definition) is 2. The first kappa shape index (κ1) is 15.3. The van der Waals surface area contributed by atoms with Crippen LogP contribution >= 0.6 is 0 Å². The first-order valence-corrected chi connectivity index (χ1v) is 6.78. The highest BCUT2D eigenvalue weighted by atomic mass is 16.5. The molecule has 0 spiro atoms. The van der Waals surface area contributed by atoms with Crippen molar-refractivity contribution in [2.24, 2.45) is 0 Å². The molecule has 0 heterocycles. The van der Waals surface area contributed by atoms with Gasteiger partial charge in [-0.1, -0.05) is 12.1 Å². The van der Waals surface area contributed by atoms with Crippen LogP contribution in [0.1, 0.15) is 34.6 Å². The summed E-state index contributed by atoms with van der Waals surface area (Å²) >= 11 is 0. The van der Waals surface area contributed by atoms with E-state index in [-0.39, 0.29) is 18.1 Å². The summed E-state index contributed by atoms with van der Waals surface area (Å²) in [5, 5.41) is 2.92. The summed E-state index contributed by atoms with van der Waals surface area (Å²) in [7, 11) is 0. The topological polar surface area (TPSA) is 41.6 Å². The number of anilines is 1. The fourth-order valence-corrected chi connectivity index (χ4v) is 2.10. The molecule has 4 heteroatoms. The third kappa shape index (κ3) is 4.16. The van der Waals surface area contributed by atoms with Crippen molar-refractivity contribution in [1.29, 1.82) is 0 Å². The van der Waals surface area contributed by atoms with Gasteiger partial charge in [-0.2, -0.15) is 0 Å². The van der Waals surface area contributed by atoms with Gasteiger partial charge in [0.05, 0.1) is 12.3 Å². The Kier molecular flexibility index (Phi) is 5.67. The minimum absolute atomic E-state index is 0.0999. The lowest BCUT2D eigenvalue weighted by atomic mass is 10.2. The fraction of sp³-hybridized carbons (Fsp3) is 0.533. The molecule has 0 fully saturated rings. The Hall–Kier alpha value is -1.71. The van der Waals surface area contributed by atoms with E-state index in [9.17, 15) is 4.79 Å². The van der Waals surface area contributed by atoms with Crippen LogP contribution in [0.3, 0.4) is 0 Å². The van der Waals surface area contributed by atoms with Crippen LogP contribution in [0.25, 0.3) is 0 Å². The van der Waals surface area contributed by atoms with Gasteiger partial charge in [-0.25, -0.2) is 4.79 Å². The minimum Gasteiger partial charge on any atom is -0.492 e. The van der Waals surface area contributed by atoms with Crippen LogP contribution in [-0.2, 0) is 0 Å². The van der Waals surface area contributed by atoms with Gasteiger partial charge in [-0.15, -0.1) is 0 Å². The van der Waals surface area contributed by atoms with Crippen LogP contribution in [0.5, 0.6) is 5.75 Å². The standard InChI is InChI=1S/C15H24N2O2/c1-6-19-14-10-8-7-9-13(14)16-15(18)17(11(2)3)12(4)5/h7-12H,6H2,1-5H3,(H,16,18). The highest BCUT2D eigenvalue weighted by Crippen LogP contribution is 2.24. The largest absolute Gasteiger partial charge is 0.492 e. The zero-order chi connectivity index (χ0) is 14.4. The van der Waals surface area contributed by atoms with Crippen molar-refractivity contribution < 1.29 is 9.53 Å². The molecule has 0 aromatic heterocycles. The average molecular weight is 264 g/mol. The van der Waals surface area contributed by atoms with E-state index < -0.39 is 0 Å². The Bertz CT molecular complexity index is 408. The van der Waals surface area contributed by atoms with E-state index in [0.717, 1.165) is 0 Å². The first-order valence-electron chi connectivity index (χ1n) is 6.78. The molecule has 0 aliphatic rings. The second-order valence-electron chi connectivity index (χ2n) is 4.95. The van der Waals surface area contributed by atoms with Crippen molar-refractivity contribution in [3.05, 3.63) is 24.3 Å². The van der Waals surface area contributed by atoms with Crippen LogP contribution in [0.2, 0.25) is 0 Å². The molecule has 1 rings (SSSR count). The highest BCUT2D eigenvalue weighted by Gasteiger charge is 2.20. The molecule has 106 valence electrons. The molecule has 0 aliphatic carbocycles. The number of para-hydroxylation sites is 2. The Morgan fingerprint density at radius 2 is 1.79 bits per heavy atom. The number of carbonyl (C=O) groups excluding carboxylic acids is 1. The van der Waals surface area contributed by atoms with Gasteiger partial charge in [0.2, 0.25) is 0 Å². The fourth-order valence-electron chi connectivity index (χ4n) is 2.10. The monoisotopic (exact) mass is 264 g/mol. The summed E-state index contributed by atoms with van der Waals surface area (Å²) in [6.07, 6.45) is 0. The molecule has 19 heavy (non-hydrogen) atoms. The molecule has 0 radical (unpaired) electrons. The molecule has 0 unspecified atom stereocenters. The summed E-state index contributed by atoms with van der Waals surface area (Å²) in [6, 6.07) is 7.68. The number of benzene rings is 1. The maximum Gasteiger partial charge on any atom is 0.322 e. The molecule has 0 saturated carbocycles. The van der Waals surface area contributed by atoms with Gasteiger partial charge in [0, 0.05) is 12.1 Å². The second-order valence-corrected chi connectivity index (χ2v) is 4.95. The van der Waals surface area contributed by atoms with E-state index in [4.69, 9.17) is 4.74 Å². The molecule has 1 aromatic rings. The smallest absolute Gasteiger partial charge is 0.322 e. The Morgan fingerprint density at radius 1 is 1.21 bits per heavy atom. The third-order valence-electron chi connectivity index (χ3n) is 2.78. The van der Waals surface area contributed by atoms with Gasteiger partial charge < -0.3 is 15.0 Å². The number of nitrogens with one attached hydrogen (secondary N) is 1. The highest BCUT2D eigenvalue weighted by molar-refractivity contribution is 5.91. The first-order chi connectivity index (χ1) is 8.97. The van der Waals surface area contributed by atoms with E-state index in [1.54, 1.807) is 0 Å². The molecule has 0 saturated heterocycles. The molecule has 0 bridgehead atoms. The van der Waals surface area contributed by atoms with Crippen molar-refractivity contribution in [3.8, 4) is 5.75 Å². The van der Waals surface area contributed by atoms with Crippen molar-refractivity contribution in [2.45, 2.75) is 46.7 Å². The van der Waals surface area contributed by atoms with E-state index in [1.807, 2.05) is 63.8 Å². The SMILES string of the molecule is CCOc1ccccc1NC(=O)N(C(C)C)C(C)C. The molecule has 4 nitrogen and oxygen atoms in total. The van der Waals surface area contributed by atoms with Gasteiger partial charge in [-0.05, 0) is 46.8 Å². The van der Waals surface area contributed by atoms with Crippen LogP contribution in [-0.4, -0.2) is 29.6 Å². The molecule has 1 N–H and O–H groups in total. The maximum absolute atomic E-state index is 12.3. The van der Waals surface area contributed by atoms with Crippen LogP contribution in [0.4, 0.5) is 10.5 Å². The summed E-state index contributed by atoms with van der Waals surface area (Å²) in [6.45, 7) is 10.5. The van der Waals surface area contributed by atoms with Crippen LogP contribution < -0.4 is 10.1 Å². The number of amides is 2. The van der Waals surface area contributed by atoms with Gasteiger partial charge in [0.25, 0.3) is 0 Å². The lowest BCUT2D eigenvalue weighted by Crippen LogP contribution is -2.44. The number of carbonyl (C=O) groups is 1. The van der Waals surface area contributed by atoms with E-state index in [1.165, 1.54) is 0 Å². The average Bonchev–Trinajstić information content (AvgIpc) is 2.30. The molecular weight excluding hydrogens is 240 g/mol. The summed E-state index contributed by atoms with van der Waals surface area (Å²) in [5.41, 5.74) is 0.709. The van der Waals surface area contributed by atoms with E-state index >= 15 is 0 Å². The molecular formula is C15H24N2O2. The molecule has 0 aliphatic heterocycles. The number of rotatable bonds is 5. The van der Waals surface area contributed by atoms with Gasteiger partial charge >= 0.3 is 6.03 Å². The zero-order valence-corrected chi connectivity index (χ0v) is 12.4.